The van der Waals surface area contributed by atoms with Crippen molar-refractivity contribution in [3.8, 4) is 0 Å². The van der Waals surface area contributed by atoms with Crippen LogP contribution in [0.25, 0.3) is 0 Å². The average Bonchev–Trinajstić information content (AvgIpc) is 2.75. The van der Waals surface area contributed by atoms with Crippen LogP contribution in [0.15, 0.2) is 5.38 Å². The zero-order chi connectivity index (χ0) is 12.3. The number of hydrogen-bond acceptors (Lipinski definition) is 7. The quantitative estimate of drug-likeness (QED) is 0.501. The minimum atomic E-state index is -1.54. The van der Waals surface area contributed by atoms with E-state index in [2.05, 4.69) is 4.98 Å². The number of ketones is 1. The van der Waals surface area contributed by atoms with Crippen LogP contribution in [-0.2, 0) is 0 Å². The largest absolute Gasteiger partial charge is 0.394 e. The van der Waals surface area contributed by atoms with Gasteiger partial charge in [0.05, 0.1) is 12.3 Å². The van der Waals surface area contributed by atoms with Gasteiger partial charge in [-0.25, -0.2) is 4.98 Å². The maximum Gasteiger partial charge on any atom is 0.188 e. The summed E-state index contributed by atoms with van der Waals surface area (Å²) in [6.07, 6.45) is -4.41. The van der Waals surface area contributed by atoms with E-state index in [9.17, 15) is 15.0 Å². The molecule has 0 saturated heterocycles. The van der Waals surface area contributed by atoms with Crippen LogP contribution in [0, 0.1) is 0 Å². The molecule has 0 fully saturated rings. The van der Waals surface area contributed by atoms with E-state index in [1.54, 1.807) is 0 Å². The summed E-state index contributed by atoms with van der Waals surface area (Å²) in [5.74, 6) is -0.236. The fourth-order valence-corrected chi connectivity index (χ4v) is 1.83. The van der Waals surface area contributed by atoms with Crippen LogP contribution in [0.2, 0.25) is 0 Å². The lowest BCUT2D eigenvalue weighted by Gasteiger charge is -2.19. The standard InChI is InChI=1S/C9H13NO5S/c1-4(12)9-10-5(3-16-9)7(14)8(15)6(13)2-11/h3,6-8,11,13-15H,2H2,1H3/t6-,7+,8+/m0/s1. The molecular weight excluding hydrogens is 234 g/mol. The molecule has 0 bridgehead atoms. The van der Waals surface area contributed by atoms with Gasteiger partial charge < -0.3 is 20.4 Å². The van der Waals surface area contributed by atoms with Crippen LogP contribution in [-0.4, -0.2) is 50.0 Å². The van der Waals surface area contributed by atoms with Gasteiger partial charge in [0.25, 0.3) is 0 Å². The highest BCUT2D eigenvalue weighted by Crippen LogP contribution is 2.21. The first-order valence-electron chi connectivity index (χ1n) is 4.58. The summed E-state index contributed by atoms with van der Waals surface area (Å²) in [6.45, 7) is 0.677. The number of rotatable bonds is 5. The first kappa shape index (κ1) is 13.2. The van der Waals surface area contributed by atoms with E-state index in [-0.39, 0.29) is 16.5 Å². The molecule has 0 aliphatic carbocycles. The Bertz CT molecular complexity index is 367. The smallest absolute Gasteiger partial charge is 0.188 e. The monoisotopic (exact) mass is 247 g/mol. The van der Waals surface area contributed by atoms with Gasteiger partial charge in [-0.3, -0.25) is 4.79 Å². The Kier molecular flexibility index (Phi) is 4.51. The second kappa shape index (κ2) is 5.46. The summed E-state index contributed by atoms with van der Waals surface area (Å²) in [5.41, 5.74) is 0.107. The zero-order valence-electron chi connectivity index (χ0n) is 8.57. The Morgan fingerprint density at radius 2 is 2.12 bits per heavy atom. The third-order valence-electron chi connectivity index (χ3n) is 2.03. The Labute approximate surface area is 95.8 Å². The molecule has 0 radical (unpaired) electrons. The van der Waals surface area contributed by atoms with Crippen molar-refractivity contribution in [1.29, 1.82) is 0 Å². The molecule has 1 aromatic heterocycles. The van der Waals surface area contributed by atoms with Crippen molar-refractivity contribution in [2.75, 3.05) is 6.61 Å². The van der Waals surface area contributed by atoms with Crippen molar-refractivity contribution in [3.05, 3.63) is 16.1 Å². The van der Waals surface area contributed by atoms with Gasteiger partial charge in [-0.05, 0) is 0 Å². The molecule has 1 aromatic rings. The van der Waals surface area contributed by atoms with Gasteiger partial charge in [0.2, 0.25) is 0 Å². The summed E-state index contributed by atoms with van der Waals surface area (Å²) < 4.78 is 0. The highest BCUT2D eigenvalue weighted by Gasteiger charge is 2.27. The van der Waals surface area contributed by atoms with Crippen LogP contribution in [0.1, 0.15) is 28.5 Å². The molecule has 0 aliphatic rings. The Morgan fingerprint density at radius 1 is 1.50 bits per heavy atom. The maximum absolute atomic E-state index is 11.0. The number of carbonyl (C=O) groups excluding carboxylic acids is 1. The van der Waals surface area contributed by atoms with Crippen molar-refractivity contribution < 1.29 is 25.2 Å². The Morgan fingerprint density at radius 3 is 2.56 bits per heavy atom. The summed E-state index contributed by atoms with van der Waals surface area (Å²) in [7, 11) is 0. The minimum Gasteiger partial charge on any atom is -0.394 e. The number of aromatic nitrogens is 1. The second-order valence-corrected chi connectivity index (χ2v) is 4.18. The van der Waals surface area contributed by atoms with E-state index in [1.807, 2.05) is 0 Å². The average molecular weight is 247 g/mol. The molecule has 16 heavy (non-hydrogen) atoms. The molecule has 0 aromatic carbocycles. The third-order valence-corrected chi connectivity index (χ3v) is 2.99. The van der Waals surface area contributed by atoms with E-state index in [0.29, 0.717) is 0 Å². The van der Waals surface area contributed by atoms with Crippen LogP contribution in [0.4, 0.5) is 0 Å². The van der Waals surface area contributed by atoms with Crippen molar-refractivity contribution >= 4 is 17.1 Å². The van der Waals surface area contributed by atoms with Gasteiger partial charge in [-0.15, -0.1) is 11.3 Å². The van der Waals surface area contributed by atoms with Gasteiger partial charge in [0, 0.05) is 12.3 Å². The highest BCUT2D eigenvalue weighted by molar-refractivity contribution is 7.11. The number of aliphatic hydroxyl groups is 4. The molecule has 90 valence electrons. The third kappa shape index (κ3) is 2.83. The number of nitrogens with zero attached hydrogens (tertiary/aromatic N) is 1. The number of aliphatic hydroxyl groups excluding tert-OH is 4. The minimum absolute atomic E-state index is 0.107. The van der Waals surface area contributed by atoms with Gasteiger partial charge >= 0.3 is 0 Å². The summed E-state index contributed by atoms with van der Waals surface area (Å²) >= 11 is 1.05. The molecule has 0 unspecified atom stereocenters. The summed E-state index contributed by atoms with van der Waals surface area (Å²) in [6, 6.07) is 0. The highest BCUT2D eigenvalue weighted by atomic mass is 32.1. The van der Waals surface area contributed by atoms with Gasteiger partial charge in [-0.1, -0.05) is 0 Å². The molecule has 4 N–H and O–H groups in total. The molecule has 6 nitrogen and oxygen atoms in total. The van der Waals surface area contributed by atoms with E-state index in [0.717, 1.165) is 11.3 Å². The van der Waals surface area contributed by atoms with E-state index in [1.165, 1.54) is 12.3 Å². The fraction of sp³-hybridized carbons (Fsp3) is 0.556. The van der Waals surface area contributed by atoms with Crippen molar-refractivity contribution in [1.82, 2.24) is 4.98 Å². The van der Waals surface area contributed by atoms with E-state index >= 15 is 0 Å². The maximum atomic E-state index is 11.0. The fourth-order valence-electron chi connectivity index (χ4n) is 1.08. The predicted molar refractivity (Wildman–Crippen MR) is 56.2 cm³/mol. The van der Waals surface area contributed by atoms with Gasteiger partial charge in [0.1, 0.15) is 18.3 Å². The first-order valence-corrected chi connectivity index (χ1v) is 5.46. The first-order chi connectivity index (χ1) is 7.47. The number of Topliss-reactive ketones (excluding diaryl/α,β-unsaturated/α-hetero) is 1. The van der Waals surface area contributed by atoms with Crippen LogP contribution in [0.3, 0.4) is 0 Å². The molecule has 0 spiro atoms. The molecule has 0 amide bonds. The second-order valence-electron chi connectivity index (χ2n) is 3.32. The molecule has 3 atom stereocenters. The predicted octanol–water partition coefficient (Wildman–Crippen LogP) is -0.907. The molecular formula is C9H13NO5S. The van der Waals surface area contributed by atoms with E-state index in [4.69, 9.17) is 10.2 Å². The number of carbonyl (C=O) groups is 1. The molecule has 1 heterocycles. The SMILES string of the molecule is CC(=O)c1nc([C@@H](O)[C@H](O)[C@@H](O)CO)cs1. The van der Waals surface area contributed by atoms with Gasteiger partial charge in [-0.2, -0.15) is 0 Å². The number of hydrogen-bond donors (Lipinski definition) is 4. The molecule has 0 saturated carbocycles. The van der Waals surface area contributed by atoms with E-state index < -0.39 is 24.9 Å². The van der Waals surface area contributed by atoms with Gasteiger partial charge in [0.15, 0.2) is 10.8 Å². The Hall–Kier alpha value is -0.860. The topological polar surface area (TPSA) is 111 Å². The van der Waals surface area contributed by atoms with Crippen LogP contribution in [0.5, 0.6) is 0 Å². The lowest BCUT2D eigenvalue weighted by molar-refractivity contribution is -0.0787. The number of thiazole rings is 1. The van der Waals surface area contributed by atoms with Crippen LogP contribution < -0.4 is 0 Å². The normalized spacial score (nSPS) is 16.8. The van der Waals surface area contributed by atoms with Crippen LogP contribution >= 0.6 is 11.3 Å². The zero-order valence-corrected chi connectivity index (χ0v) is 9.39. The summed E-state index contributed by atoms with van der Waals surface area (Å²) in [4.78, 5) is 14.8. The van der Waals surface area contributed by atoms with Crippen molar-refractivity contribution in [3.63, 3.8) is 0 Å². The van der Waals surface area contributed by atoms with Crippen molar-refractivity contribution in [2.24, 2.45) is 0 Å². The summed E-state index contributed by atoms with van der Waals surface area (Å²) in [5, 5.41) is 38.4. The molecule has 1 rings (SSSR count). The molecule has 7 heteroatoms. The molecule has 0 aliphatic heterocycles. The Balaban J connectivity index is 2.79. The lowest BCUT2D eigenvalue weighted by atomic mass is 10.1. The lowest BCUT2D eigenvalue weighted by Crippen LogP contribution is -2.34. The van der Waals surface area contributed by atoms with Crippen molar-refractivity contribution in [2.45, 2.75) is 25.2 Å².